The Kier molecular flexibility index (Phi) is 6.34. The third-order valence-corrected chi connectivity index (χ3v) is 7.94. The molecule has 0 spiro atoms. The molecule has 1 fully saturated rings. The van der Waals surface area contributed by atoms with E-state index in [-0.39, 0.29) is 17.2 Å². The summed E-state index contributed by atoms with van der Waals surface area (Å²) in [6.45, 7) is 4.94. The van der Waals surface area contributed by atoms with Crippen molar-refractivity contribution >= 4 is 23.2 Å². The number of nitrogens with zero attached hydrogens (tertiary/aromatic N) is 3. The van der Waals surface area contributed by atoms with Crippen LogP contribution in [0.3, 0.4) is 0 Å². The standard InChI is InChI=1S/C28H36N4O2/c1-30(2)26(33)22-11-3-4-13-24(22)32-19-17-31(18-20-32)16-6-5-14-28-15-8-10-21-9-7-12-23(25(21)28)29-27(28)34/h3-4,7,9,11-13H,5-6,8,10,14-20H2,1-2H3,(H,29,34). The Hall–Kier alpha value is -2.86. The smallest absolute Gasteiger partial charge is 0.255 e. The van der Waals surface area contributed by atoms with Crippen molar-refractivity contribution < 1.29 is 9.59 Å². The zero-order valence-electron chi connectivity index (χ0n) is 20.5. The van der Waals surface area contributed by atoms with Gasteiger partial charge in [-0.3, -0.25) is 14.5 Å². The molecule has 1 N–H and O–H groups in total. The lowest BCUT2D eigenvalue weighted by Crippen LogP contribution is -2.47. The second kappa shape index (κ2) is 9.41. The van der Waals surface area contributed by atoms with E-state index in [2.05, 4.69) is 39.4 Å². The molecule has 34 heavy (non-hydrogen) atoms. The normalized spacial score (nSPS) is 21.8. The van der Waals surface area contributed by atoms with Crippen molar-refractivity contribution in [1.29, 1.82) is 0 Å². The van der Waals surface area contributed by atoms with Gasteiger partial charge in [0.25, 0.3) is 5.91 Å². The highest BCUT2D eigenvalue weighted by Gasteiger charge is 2.48. The maximum atomic E-state index is 13.0. The molecule has 1 unspecified atom stereocenters. The third-order valence-electron chi connectivity index (χ3n) is 7.94. The first-order valence-electron chi connectivity index (χ1n) is 12.7. The molecule has 0 aromatic heterocycles. The van der Waals surface area contributed by atoms with Crippen LogP contribution in [0.5, 0.6) is 0 Å². The van der Waals surface area contributed by atoms with Crippen molar-refractivity contribution in [3.05, 3.63) is 59.2 Å². The van der Waals surface area contributed by atoms with E-state index in [4.69, 9.17) is 0 Å². The van der Waals surface area contributed by atoms with E-state index in [9.17, 15) is 9.59 Å². The largest absolute Gasteiger partial charge is 0.368 e. The van der Waals surface area contributed by atoms with Crippen LogP contribution < -0.4 is 10.2 Å². The number of benzene rings is 2. The van der Waals surface area contributed by atoms with Crippen LogP contribution in [0.1, 0.15) is 53.6 Å². The number of hydrogen-bond donors (Lipinski definition) is 1. The van der Waals surface area contributed by atoms with Gasteiger partial charge in [-0.15, -0.1) is 0 Å². The summed E-state index contributed by atoms with van der Waals surface area (Å²) in [6.07, 6.45) is 6.30. The van der Waals surface area contributed by atoms with Crippen molar-refractivity contribution in [2.75, 3.05) is 57.0 Å². The Labute approximate surface area is 202 Å². The molecule has 6 heteroatoms. The van der Waals surface area contributed by atoms with E-state index in [1.807, 2.05) is 18.2 Å². The van der Waals surface area contributed by atoms with E-state index >= 15 is 0 Å². The molecule has 2 aromatic carbocycles. The number of aryl methyl sites for hydroxylation is 1. The Morgan fingerprint density at radius 2 is 1.82 bits per heavy atom. The van der Waals surface area contributed by atoms with Gasteiger partial charge in [-0.2, -0.15) is 0 Å². The third kappa shape index (κ3) is 4.09. The highest BCUT2D eigenvalue weighted by atomic mass is 16.2. The first-order chi connectivity index (χ1) is 16.5. The van der Waals surface area contributed by atoms with Gasteiger partial charge in [0, 0.05) is 51.6 Å². The van der Waals surface area contributed by atoms with Crippen LogP contribution in [-0.4, -0.2) is 68.4 Å². The predicted octanol–water partition coefficient (Wildman–Crippen LogP) is 3.91. The average molecular weight is 461 g/mol. The molecule has 3 aliphatic rings. The first kappa shape index (κ1) is 22.9. The van der Waals surface area contributed by atoms with Crippen molar-refractivity contribution in [2.24, 2.45) is 0 Å². The fraction of sp³-hybridized carbons (Fsp3) is 0.500. The quantitative estimate of drug-likeness (QED) is 0.637. The Balaban J connectivity index is 1.14. The molecule has 0 radical (unpaired) electrons. The molecule has 1 saturated heterocycles. The second-order valence-corrected chi connectivity index (χ2v) is 10.2. The summed E-state index contributed by atoms with van der Waals surface area (Å²) < 4.78 is 0. The van der Waals surface area contributed by atoms with E-state index < -0.39 is 0 Å². The first-order valence-corrected chi connectivity index (χ1v) is 12.7. The molecule has 2 aliphatic heterocycles. The number of nitrogens with one attached hydrogen (secondary N) is 1. The summed E-state index contributed by atoms with van der Waals surface area (Å²) in [4.78, 5) is 32.1. The minimum atomic E-state index is -0.300. The number of anilines is 2. The van der Waals surface area contributed by atoms with Crippen LogP contribution in [0.2, 0.25) is 0 Å². The predicted molar refractivity (Wildman–Crippen MR) is 137 cm³/mol. The van der Waals surface area contributed by atoms with Crippen molar-refractivity contribution in [2.45, 2.75) is 43.9 Å². The van der Waals surface area contributed by atoms with Crippen LogP contribution in [0, 0.1) is 0 Å². The molecule has 5 rings (SSSR count). The lowest BCUT2D eigenvalue weighted by atomic mass is 9.68. The monoisotopic (exact) mass is 460 g/mol. The maximum Gasteiger partial charge on any atom is 0.255 e. The van der Waals surface area contributed by atoms with Crippen molar-refractivity contribution in [3.63, 3.8) is 0 Å². The molecule has 2 aromatic rings. The Bertz CT molecular complexity index is 1070. The number of carbonyl (C=O) groups excluding carboxylic acids is 2. The zero-order valence-corrected chi connectivity index (χ0v) is 20.5. The lowest BCUT2D eigenvalue weighted by molar-refractivity contribution is -0.121. The zero-order chi connectivity index (χ0) is 23.7. The van der Waals surface area contributed by atoms with E-state index in [1.54, 1.807) is 19.0 Å². The molecule has 6 nitrogen and oxygen atoms in total. The van der Waals surface area contributed by atoms with Gasteiger partial charge in [-0.25, -0.2) is 0 Å². The average Bonchev–Trinajstić information content (AvgIpc) is 3.15. The van der Waals surface area contributed by atoms with Gasteiger partial charge in [-0.1, -0.05) is 30.7 Å². The summed E-state index contributed by atoms with van der Waals surface area (Å²) in [5.74, 6) is 0.273. The Morgan fingerprint density at radius 1 is 1.03 bits per heavy atom. The minimum absolute atomic E-state index is 0.0563. The molecule has 2 amide bonds. The minimum Gasteiger partial charge on any atom is -0.368 e. The SMILES string of the molecule is CN(C)C(=O)c1ccccc1N1CCN(CCCCC23CCCc4cccc(c42)NC3=O)CC1. The van der Waals surface area contributed by atoms with Gasteiger partial charge in [0.1, 0.15) is 0 Å². The highest BCUT2D eigenvalue weighted by Crippen LogP contribution is 2.49. The van der Waals surface area contributed by atoms with E-state index in [0.29, 0.717) is 0 Å². The molecule has 2 heterocycles. The van der Waals surface area contributed by atoms with Gasteiger partial charge < -0.3 is 15.1 Å². The number of rotatable bonds is 7. The molecule has 1 aliphatic carbocycles. The molecule has 1 atom stereocenters. The number of carbonyl (C=O) groups is 2. The fourth-order valence-corrected chi connectivity index (χ4v) is 6.16. The van der Waals surface area contributed by atoms with Crippen LogP contribution in [0.4, 0.5) is 11.4 Å². The van der Waals surface area contributed by atoms with Gasteiger partial charge in [0.15, 0.2) is 0 Å². The van der Waals surface area contributed by atoms with Gasteiger partial charge in [0.05, 0.1) is 11.0 Å². The number of amides is 2. The Morgan fingerprint density at radius 3 is 2.62 bits per heavy atom. The summed E-state index contributed by atoms with van der Waals surface area (Å²) in [5, 5.41) is 3.17. The maximum absolute atomic E-state index is 13.0. The van der Waals surface area contributed by atoms with Crippen LogP contribution in [0.25, 0.3) is 0 Å². The summed E-state index contributed by atoms with van der Waals surface area (Å²) in [7, 11) is 3.61. The number of unbranched alkanes of at least 4 members (excludes halogenated alkanes) is 1. The number of piperazine rings is 1. The summed E-state index contributed by atoms with van der Waals surface area (Å²) in [5.41, 5.74) is 5.23. The van der Waals surface area contributed by atoms with Gasteiger partial charge >= 0.3 is 0 Å². The van der Waals surface area contributed by atoms with Crippen LogP contribution >= 0.6 is 0 Å². The number of para-hydroxylation sites is 1. The molecular formula is C28H36N4O2. The fourth-order valence-electron chi connectivity index (χ4n) is 6.16. The molecule has 0 bridgehead atoms. The molecule has 0 saturated carbocycles. The van der Waals surface area contributed by atoms with E-state index in [1.165, 1.54) is 11.1 Å². The van der Waals surface area contributed by atoms with Crippen LogP contribution in [-0.2, 0) is 16.6 Å². The van der Waals surface area contributed by atoms with Gasteiger partial charge in [-0.05, 0) is 68.0 Å². The van der Waals surface area contributed by atoms with Gasteiger partial charge in [0.2, 0.25) is 5.91 Å². The van der Waals surface area contributed by atoms with Crippen molar-refractivity contribution in [3.8, 4) is 0 Å². The van der Waals surface area contributed by atoms with E-state index in [0.717, 1.165) is 88.2 Å². The molecule has 180 valence electrons. The number of hydrogen-bond acceptors (Lipinski definition) is 4. The second-order valence-electron chi connectivity index (χ2n) is 10.2. The lowest BCUT2D eigenvalue weighted by Gasteiger charge is -2.37. The highest BCUT2D eigenvalue weighted by molar-refractivity contribution is 6.07. The summed E-state index contributed by atoms with van der Waals surface area (Å²) in [6, 6.07) is 14.3. The van der Waals surface area contributed by atoms with Crippen molar-refractivity contribution in [1.82, 2.24) is 9.80 Å². The molecular weight excluding hydrogens is 424 g/mol. The van der Waals surface area contributed by atoms with Crippen LogP contribution in [0.15, 0.2) is 42.5 Å². The summed E-state index contributed by atoms with van der Waals surface area (Å²) >= 11 is 0. The topological polar surface area (TPSA) is 55.9 Å².